The standard InChI is InChI=1S/C30H38N2O2/c1-29(2,3)24-7-4-20(5-8-24)22-6-9-25-23(18-22)10-13-30(14-15-30)27(25)31-28(33)34-26-19-32-16-11-21(26)12-17-32/h4-9,18,21,26-27H,10-17,19H2,1-3H3,(H,31,33)/t26-,27?/m0/s1. The molecule has 4 fully saturated rings. The van der Waals surface area contributed by atoms with Gasteiger partial charge in [-0.25, -0.2) is 4.79 Å². The summed E-state index contributed by atoms with van der Waals surface area (Å²) in [6.07, 6.45) is 6.80. The number of fused-ring (bicyclic) bond motifs is 4. The fourth-order valence-corrected chi connectivity index (χ4v) is 6.57. The number of aryl methyl sites for hydroxylation is 1. The molecule has 3 heterocycles. The second kappa shape index (κ2) is 8.12. The summed E-state index contributed by atoms with van der Waals surface area (Å²) in [5, 5.41) is 3.34. The van der Waals surface area contributed by atoms with E-state index in [0.29, 0.717) is 5.92 Å². The van der Waals surface area contributed by atoms with E-state index in [2.05, 4.69) is 73.5 Å². The Balaban J connectivity index is 1.20. The minimum atomic E-state index is -0.218. The Morgan fingerprint density at radius 1 is 1.00 bits per heavy atom. The van der Waals surface area contributed by atoms with Crippen molar-refractivity contribution in [3.63, 3.8) is 0 Å². The first-order valence-electron chi connectivity index (χ1n) is 13.2. The van der Waals surface area contributed by atoms with E-state index in [1.54, 1.807) is 0 Å². The largest absolute Gasteiger partial charge is 0.445 e. The van der Waals surface area contributed by atoms with Gasteiger partial charge in [0.1, 0.15) is 6.10 Å². The summed E-state index contributed by atoms with van der Waals surface area (Å²) in [5.41, 5.74) is 6.95. The lowest BCUT2D eigenvalue weighted by molar-refractivity contribution is -0.0347. The Morgan fingerprint density at radius 2 is 1.71 bits per heavy atom. The Morgan fingerprint density at radius 3 is 2.32 bits per heavy atom. The van der Waals surface area contributed by atoms with Crippen molar-refractivity contribution in [3.05, 3.63) is 59.2 Å². The molecule has 1 amide bonds. The van der Waals surface area contributed by atoms with Crippen molar-refractivity contribution in [2.24, 2.45) is 11.3 Å². The van der Waals surface area contributed by atoms with Crippen molar-refractivity contribution in [1.29, 1.82) is 0 Å². The van der Waals surface area contributed by atoms with Crippen LogP contribution in [0.2, 0.25) is 0 Å². The van der Waals surface area contributed by atoms with E-state index < -0.39 is 0 Å². The van der Waals surface area contributed by atoms with Crippen LogP contribution in [-0.4, -0.2) is 36.7 Å². The molecule has 1 N–H and O–H groups in total. The predicted octanol–water partition coefficient (Wildman–Crippen LogP) is 6.24. The highest BCUT2D eigenvalue weighted by Crippen LogP contribution is 2.61. The highest BCUT2D eigenvalue weighted by atomic mass is 16.6. The zero-order chi connectivity index (χ0) is 23.5. The quantitative estimate of drug-likeness (QED) is 0.592. The summed E-state index contributed by atoms with van der Waals surface area (Å²) < 4.78 is 6.00. The molecule has 2 bridgehead atoms. The molecule has 34 heavy (non-hydrogen) atoms. The van der Waals surface area contributed by atoms with Crippen LogP contribution in [0.15, 0.2) is 42.5 Å². The van der Waals surface area contributed by atoms with E-state index in [9.17, 15) is 4.79 Å². The van der Waals surface area contributed by atoms with Crippen LogP contribution in [0.5, 0.6) is 0 Å². The summed E-state index contributed by atoms with van der Waals surface area (Å²) in [6, 6.07) is 15.9. The maximum absolute atomic E-state index is 13.0. The normalized spacial score (nSPS) is 28.9. The topological polar surface area (TPSA) is 41.6 Å². The number of hydrogen-bond acceptors (Lipinski definition) is 3. The van der Waals surface area contributed by atoms with Crippen LogP contribution in [0.4, 0.5) is 4.79 Å². The van der Waals surface area contributed by atoms with Crippen molar-refractivity contribution in [3.8, 4) is 11.1 Å². The number of rotatable bonds is 3. The minimum Gasteiger partial charge on any atom is -0.445 e. The third kappa shape index (κ3) is 4.04. The number of amides is 1. The summed E-state index contributed by atoms with van der Waals surface area (Å²) in [5.74, 6) is 0.538. The fourth-order valence-electron chi connectivity index (χ4n) is 6.57. The molecule has 1 saturated carbocycles. The second-order valence-corrected chi connectivity index (χ2v) is 12.3. The average molecular weight is 459 g/mol. The smallest absolute Gasteiger partial charge is 0.407 e. The number of hydrogen-bond donors (Lipinski definition) is 1. The molecule has 3 saturated heterocycles. The van der Waals surface area contributed by atoms with E-state index in [1.165, 1.54) is 40.7 Å². The Hall–Kier alpha value is -2.33. The van der Waals surface area contributed by atoms with Gasteiger partial charge in [0.15, 0.2) is 0 Å². The molecule has 0 radical (unpaired) electrons. The fraction of sp³-hybridized carbons (Fsp3) is 0.567. The van der Waals surface area contributed by atoms with E-state index in [0.717, 1.165) is 45.3 Å². The molecular formula is C30H38N2O2. The number of carbonyl (C=O) groups excluding carboxylic acids is 1. The molecule has 2 aromatic rings. The zero-order valence-corrected chi connectivity index (χ0v) is 20.9. The van der Waals surface area contributed by atoms with Gasteiger partial charge >= 0.3 is 6.09 Å². The Kier molecular flexibility index (Phi) is 5.29. The number of carbonyl (C=O) groups is 1. The molecule has 0 aromatic heterocycles. The van der Waals surface area contributed by atoms with Gasteiger partial charge in [-0.05, 0) is 96.2 Å². The molecule has 4 heteroatoms. The van der Waals surface area contributed by atoms with Gasteiger partial charge in [0.05, 0.1) is 6.04 Å². The Bertz CT molecular complexity index is 1070. The first-order valence-corrected chi connectivity index (χ1v) is 13.2. The number of nitrogens with one attached hydrogen (secondary N) is 1. The van der Waals surface area contributed by atoms with Gasteiger partial charge < -0.3 is 10.1 Å². The van der Waals surface area contributed by atoms with Crippen LogP contribution < -0.4 is 5.32 Å². The van der Waals surface area contributed by atoms with Gasteiger partial charge in [-0.1, -0.05) is 63.2 Å². The van der Waals surface area contributed by atoms with Gasteiger partial charge in [-0.15, -0.1) is 0 Å². The van der Waals surface area contributed by atoms with Gasteiger partial charge in [0, 0.05) is 6.54 Å². The monoisotopic (exact) mass is 458 g/mol. The molecule has 2 aliphatic carbocycles. The minimum absolute atomic E-state index is 0.0548. The summed E-state index contributed by atoms with van der Waals surface area (Å²) in [6.45, 7) is 9.98. The number of alkyl carbamates (subject to hydrolysis) is 1. The maximum Gasteiger partial charge on any atom is 0.407 e. The summed E-state index contributed by atoms with van der Waals surface area (Å²) in [4.78, 5) is 15.5. The van der Waals surface area contributed by atoms with Crippen LogP contribution >= 0.6 is 0 Å². The van der Waals surface area contributed by atoms with Gasteiger partial charge in [-0.2, -0.15) is 0 Å². The van der Waals surface area contributed by atoms with Crippen LogP contribution in [0.3, 0.4) is 0 Å². The predicted molar refractivity (Wildman–Crippen MR) is 136 cm³/mol. The molecule has 5 aliphatic rings. The summed E-state index contributed by atoms with van der Waals surface area (Å²) >= 11 is 0. The highest BCUT2D eigenvalue weighted by molar-refractivity contribution is 5.70. The zero-order valence-electron chi connectivity index (χ0n) is 20.9. The molecular weight excluding hydrogens is 420 g/mol. The van der Waals surface area contributed by atoms with Crippen LogP contribution in [-0.2, 0) is 16.6 Å². The molecule has 7 rings (SSSR count). The van der Waals surface area contributed by atoms with Crippen molar-refractivity contribution >= 4 is 6.09 Å². The lowest BCUT2D eigenvalue weighted by Crippen LogP contribution is -2.53. The molecule has 3 aliphatic heterocycles. The molecule has 4 nitrogen and oxygen atoms in total. The highest BCUT2D eigenvalue weighted by Gasteiger charge is 2.53. The average Bonchev–Trinajstić information content (AvgIpc) is 3.61. The number of ether oxygens (including phenoxy) is 1. The molecule has 180 valence electrons. The third-order valence-electron chi connectivity index (χ3n) is 9.05. The number of benzene rings is 2. The van der Waals surface area contributed by atoms with E-state index in [-0.39, 0.29) is 29.1 Å². The van der Waals surface area contributed by atoms with Crippen LogP contribution in [0.25, 0.3) is 11.1 Å². The Labute approximate surface area is 204 Å². The lowest BCUT2D eigenvalue weighted by Gasteiger charge is -2.44. The van der Waals surface area contributed by atoms with Crippen LogP contribution in [0, 0.1) is 11.3 Å². The van der Waals surface area contributed by atoms with Gasteiger partial charge in [-0.3, -0.25) is 4.90 Å². The van der Waals surface area contributed by atoms with Crippen LogP contribution in [0.1, 0.15) is 75.6 Å². The summed E-state index contributed by atoms with van der Waals surface area (Å²) in [7, 11) is 0. The molecule has 2 atom stereocenters. The lowest BCUT2D eigenvalue weighted by atomic mass is 9.76. The van der Waals surface area contributed by atoms with Crippen molar-refractivity contribution in [1.82, 2.24) is 10.2 Å². The number of nitrogens with zero attached hydrogens (tertiary/aromatic N) is 1. The molecule has 2 aromatic carbocycles. The van der Waals surface area contributed by atoms with Crippen molar-refractivity contribution in [2.45, 2.75) is 76.9 Å². The van der Waals surface area contributed by atoms with Gasteiger partial charge in [0.25, 0.3) is 0 Å². The molecule has 1 spiro atoms. The maximum atomic E-state index is 13.0. The first kappa shape index (κ1) is 22.2. The van der Waals surface area contributed by atoms with E-state index in [4.69, 9.17) is 4.74 Å². The first-order chi connectivity index (χ1) is 16.3. The SMILES string of the molecule is CC(C)(C)c1ccc(-c2ccc3c(c2)CCC2(CC2)C3NC(=O)O[C@H]2CN3CCC2CC3)cc1. The van der Waals surface area contributed by atoms with E-state index >= 15 is 0 Å². The number of piperidine rings is 3. The second-order valence-electron chi connectivity index (χ2n) is 12.3. The molecule has 1 unspecified atom stereocenters. The van der Waals surface area contributed by atoms with Gasteiger partial charge in [0.2, 0.25) is 0 Å². The van der Waals surface area contributed by atoms with Crippen molar-refractivity contribution < 1.29 is 9.53 Å². The van der Waals surface area contributed by atoms with E-state index in [1.807, 2.05) is 0 Å². The van der Waals surface area contributed by atoms with Crippen molar-refractivity contribution in [2.75, 3.05) is 19.6 Å². The third-order valence-corrected chi connectivity index (χ3v) is 9.05.